The third-order valence-electron chi connectivity index (χ3n) is 1.05. The van der Waals surface area contributed by atoms with Crippen molar-refractivity contribution in [3.05, 3.63) is 35.9 Å². The van der Waals surface area contributed by atoms with E-state index in [4.69, 9.17) is 0 Å². The predicted octanol–water partition coefficient (Wildman–Crippen LogP) is -0.490. The summed E-state index contributed by atoms with van der Waals surface area (Å²) >= 11 is 0. The topological polar surface area (TPSA) is 0 Å². The molecular weight excluding hydrogens is 164 g/mol. The van der Waals surface area contributed by atoms with Gasteiger partial charge in [0.05, 0.1) is 0 Å². The van der Waals surface area contributed by atoms with E-state index in [1.807, 2.05) is 0 Å². The third kappa shape index (κ3) is 3.27. The van der Waals surface area contributed by atoms with Crippen molar-refractivity contribution in [1.82, 2.24) is 0 Å². The first kappa shape index (κ1) is 11.0. The van der Waals surface area contributed by atoms with E-state index >= 15 is 0 Å². The van der Waals surface area contributed by atoms with Gasteiger partial charge in [-0.3, -0.25) is 0 Å². The van der Waals surface area contributed by atoms with E-state index in [2.05, 4.69) is 6.07 Å². The largest absolute Gasteiger partial charge is 1.00 e. The minimum Gasteiger partial charge on any atom is -0.184 e. The van der Waals surface area contributed by atoms with Gasteiger partial charge in [-0.2, -0.15) is 43.5 Å². The standard InChI is InChI=1S/C7H4F3.Na/c8-7(9,10)6-4-2-1-3-5-6;/h2-5H;/q-1;+1. The predicted molar refractivity (Wildman–Crippen MR) is 30.3 cm³/mol. The van der Waals surface area contributed by atoms with Crippen molar-refractivity contribution in [3.63, 3.8) is 0 Å². The van der Waals surface area contributed by atoms with Gasteiger partial charge in [-0.15, -0.1) is 0 Å². The molecule has 0 nitrogen and oxygen atoms in total. The van der Waals surface area contributed by atoms with Crippen molar-refractivity contribution in [2.75, 3.05) is 0 Å². The summed E-state index contributed by atoms with van der Waals surface area (Å²) in [5.74, 6) is 0. The van der Waals surface area contributed by atoms with Crippen molar-refractivity contribution in [2.24, 2.45) is 0 Å². The van der Waals surface area contributed by atoms with Crippen molar-refractivity contribution >= 4 is 0 Å². The molecule has 11 heavy (non-hydrogen) atoms. The van der Waals surface area contributed by atoms with Crippen LogP contribution in [0.15, 0.2) is 24.3 Å². The van der Waals surface area contributed by atoms with Crippen LogP contribution >= 0.6 is 0 Å². The molecule has 54 valence electrons. The molecule has 0 atom stereocenters. The summed E-state index contributed by atoms with van der Waals surface area (Å²) in [5, 5.41) is 0. The Morgan fingerprint density at radius 2 is 1.55 bits per heavy atom. The second-order valence-corrected chi connectivity index (χ2v) is 1.79. The minimum atomic E-state index is -4.23. The molecule has 0 aliphatic carbocycles. The molecular formula is C7H4F3Na. The number of benzene rings is 1. The molecule has 0 spiro atoms. The fourth-order valence-corrected chi connectivity index (χ4v) is 0.576. The number of rotatable bonds is 0. The van der Waals surface area contributed by atoms with Gasteiger partial charge in [-0.05, 0) is 0 Å². The van der Waals surface area contributed by atoms with Crippen molar-refractivity contribution in [1.29, 1.82) is 0 Å². The number of halogens is 3. The molecule has 0 amide bonds. The van der Waals surface area contributed by atoms with Gasteiger partial charge in [0.25, 0.3) is 0 Å². The molecule has 0 fully saturated rings. The van der Waals surface area contributed by atoms with Crippen LogP contribution in [0.5, 0.6) is 0 Å². The summed E-state index contributed by atoms with van der Waals surface area (Å²) < 4.78 is 35.3. The SMILES string of the molecule is FC(F)(F)c1cc[c-]cc1.[Na+]. The number of alkyl halides is 3. The Balaban J connectivity index is 0.000001000. The van der Waals surface area contributed by atoms with Crippen molar-refractivity contribution in [3.8, 4) is 0 Å². The Labute approximate surface area is 84.7 Å². The molecule has 0 aliphatic heterocycles. The van der Waals surface area contributed by atoms with Gasteiger partial charge in [0.2, 0.25) is 0 Å². The average molecular weight is 168 g/mol. The number of hydrogen-bond acceptors (Lipinski definition) is 0. The Morgan fingerprint density at radius 3 is 1.82 bits per heavy atom. The van der Waals surface area contributed by atoms with Crippen LogP contribution in [0.3, 0.4) is 0 Å². The third-order valence-corrected chi connectivity index (χ3v) is 1.05. The zero-order valence-corrected chi connectivity index (χ0v) is 7.94. The van der Waals surface area contributed by atoms with Gasteiger partial charge in [-0.25, -0.2) is 0 Å². The van der Waals surface area contributed by atoms with E-state index in [1.165, 1.54) is 12.1 Å². The van der Waals surface area contributed by atoms with Crippen LogP contribution in [-0.4, -0.2) is 0 Å². The molecule has 0 saturated carbocycles. The van der Waals surface area contributed by atoms with Crippen LogP contribution < -0.4 is 29.6 Å². The van der Waals surface area contributed by atoms with Crippen LogP contribution in [0.2, 0.25) is 0 Å². The van der Waals surface area contributed by atoms with Crippen LogP contribution in [0.1, 0.15) is 5.56 Å². The Kier molecular flexibility index (Phi) is 4.14. The molecule has 0 bridgehead atoms. The van der Waals surface area contributed by atoms with E-state index in [0.717, 1.165) is 12.1 Å². The zero-order chi connectivity index (χ0) is 7.61. The van der Waals surface area contributed by atoms with E-state index in [9.17, 15) is 13.2 Å². The molecule has 1 aromatic rings. The van der Waals surface area contributed by atoms with E-state index in [1.54, 1.807) is 0 Å². The summed E-state index contributed by atoms with van der Waals surface area (Å²) in [6, 6.07) is 6.95. The molecule has 0 radical (unpaired) electrons. The molecule has 0 aromatic heterocycles. The van der Waals surface area contributed by atoms with Crippen molar-refractivity contribution in [2.45, 2.75) is 6.18 Å². The van der Waals surface area contributed by atoms with Gasteiger partial charge < -0.3 is 0 Å². The van der Waals surface area contributed by atoms with Gasteiger partial charge in [0.15, 0.2) is 0 Å². The monoisotopic (exact) mass is 168 g/mol. The first-order valence-corrected chi connectivity index (χ1v) is 2.64. The maximum Gasteiger partial charge on any atom is 1.00 e. The summed E-state index contributed by atoms with van der Waals surface area (Å²) in [5.41, 5.74) is -0.633. The second kappa shape index (κ2) is 4.14. The Bertz CT molecular complexity index is 205. The van der Waals surface area contributed by atoms with Gasteiger partial charge in [-0.1, -0.05) is 5.56 Å². The van der Waals surface area contributed by atoms with Gasteiger partial charge in [0.1, 0.15) is 0 Å². The molecule has 1 rings (SSSR count). The zero-order valence-electron chi connectivity index (χ0n) is 5.94. The first-order chi connectivity index (χ1) is 4.61. The smallest absolute Gasteiger partial charge is 0.184 e. The summed E-state index contributed by atoms with van der Waals surface area (Å²) in [6.45, 7) is 0. The van der Waals surface area contributed by atoms with E-state index in [-0.39, 0.29) is 29.6 Å². The van der Waals surface area contributed by atoms with E-state index in [0.29, 0.717) is 0 Å². The summed E-state index contributed by atoms with van der Waals surface area (Å²) in [4.78, 5) is 0. The maximum absolute atomic E-state index is 11.8. The van der Waals surface area contributed by atoms with E-state index < -0.39 is 11.7 Å². The molecule has 0 aliphatic rings. The molecule has 0 heterocycles. The first-order valence-electron chi connectivity index (χ1n) is 2.64. The quantitative estimate of drug-likeness (QED) is 0.362. The Morgan fingerprint density at radius 1 is 1.09 bits per heavy atom. The molecule has 0 saturated heterocycles. The Hall–Kier alpha value is 0.01000. The van der Waals surface area contributed by atoms with Crippen LogP contribution in [0, 0.1) is 6.07 Å². The normalized spacial score (nSPS) is 10.5. The fourth-order valence-electron chi connectivity index (χ4n) is 0.576. The maximum atomic E-state index is 11.8. The molecule has 1 aromatic carbocycles. The number of hydrogen-bond donors (Lipinski definition) is 0. The van der Waals surface area contributed by atoms with Gasteiger partial charge >= 0.3 is 35.7 Å². The summed E-state index contributed by atoms with van der Waals surface area (Å²) in [7, 11) is 0. The van der Waals surface area contributed by atoms with Crippen LogP contribution in [0.25, 0.3) is 0 Å². The van der Waals surface area contributed by atoms with Crippen LogP contribution in [0.4, 0.5) is 13.2 Å². The fraction of sp³-hybridized carbons (Fsp3) is 0.143. The van der Waals surface area contributed by atoms with Crippen molar-refractivity contribution < 1.29 is 42.7 Å². The summed E-state index contributed by atoms with van der Waals surface area (Å²) in [6.07, 6.45) is -4.23. The minimum absolute atomic E-state index is 0. The van der Waals surface area contributed by atoms with Gasteiger partial charge in [0, 0.05) is 0 Å². The molecule has 0 unspecified atom stereocenters. The average Bonchev–Trinajstić information content (AvgIpc) is 1.88. The second-order valence-electron chi connectivity index (χ2n) is 1.79. The van der Waals surface area contributed by atoms with Crippen LogP contribution in [-0.2, 0) is 6.18 Å². The molecule has 0 N–H and O–H groups in total. The molecule has 4 heteroatoms.